The molecular weight excluding hydrogens is 313 g/mol. The van der Waals surface area contributed by atoms with Gasteiger partial charge in [-0.15, -0.1) is 0 Å². The number of nitrogens with two attached hydrogens (primary N) is 1. The fraction of sp³-hybridized carbons (Fsp3) is 0.118. The second-order valence-electron chi connectivity index (χ2n) is 5.00. The summed E-state index contributed by atoms with van der Waals surface area (Å²) < 4.78 is 12.8. The molecule has 124 valence electrons. The maximum Gasteiger partial charge on any atom is 0.316 e. The minimum absolute atomic E-state index is 0.116. The molecule has 0 saturated carbocycles. The number of halogens is 1. The number of nitrogens with one attached hydrogen (secondary N) is 2. The first-order valence-corrected chi connectivity index (χ1v) is 7.20. The molecule has 2 aromatic carbocycles. The van der Waals surface area contributed by atoms with Crippen LogP contribution in [0.1, 0.15) is 15.9 Å². The van der Waals surface area contributed by atoms with E-state index < -0.39 is 17.7 Å². The van der Waals surface area contributed by atoms with E-state index in [9.17, 15) is 18.8 Å². The normalized spacial score (nSPS) is 10.0. The number of carbonyl (C=O) groups excluding carboxylic acids is 3. The molecule has 0 aliphatic heterocycles. The second kappa shape index (κ2) is 7.87. The number of amides is 3. The Hall–Kier alpha value is -3.22. The molecule has 2 rings (SSSR count). The Morgan fingerprint density at radius 1 is 0.958 bits per heavy atom. The van der Waals surface area contributed by atoms with Crippen LogP contribution in [0.4, 0.5) is 10.1 Å². The second-order valence-corrected chi connectivity index (χ2v) is 5.00. The van der Waals surface area contributed by atoms with Gasteiger partial charge < -0.3 is 11.1 Å². The molecule has 0 aliphatic rings. The van der Waals surface area contributed by atoms with Crippen molar-refractivity contribution in [2.75, 3.05) is 12.3 Å². The van der Waals surface area contributed by atoms with Gasteiger partial charge in [0.05, 0.1) is 5.56 Å². The first kappa shape index (κ1) is 17.1. The highest BCUT2D eigenvalue weighted by Crippen LogP contribution is 2.09. The van der Waals surface area contributed by atoms with Crippen molar-refractivity contribution in [3.8, 4) is 0 Å². The van der Waals surface area contributed by atoms with E-state index in [2.05, 4.69) is 5.32 Å². The largest absolute Gasteiger partial charge is 0.398 e. The molecule has 0 radical (unpaired) electrons. The number of para-hydroxylation sites is 1. The van der Waals surface area contributed by atoms with Crippen LogP contribution in [-0.4, -0.2) is 24.3 Å². The van der Waals surface area contributed by atoms with Crippen LogP contribution in [0, 0.1) is 5.82 Å². The Morgan fingerprint density at radius 3 is 2.29 bits per heavy atom. The molecular formula is C17H16FN3O3. The molecule has 3 amide bonds. The molecule has 0 aliphatic carbocycles. The Bertz CT molecular complexity index is 760. The van der Waals surface area contributed by atoms with E-state index in [4.69, 9.17) is 5.73 Å². The van der Waals surface area contributed by atoms with Crippen molar-refractivity contribution in [2.45, 2.75) is 6.42 Å². The van der Waals surface area contributed by atoms with Crippen LogP contribution < -0.4 is 16.4 Å². The maximum atomic E-state index is 12.8. The van der Waals surface area contributed by atoms with E-state index in [1.165, 1.54) is 24.3 Å². The van der Waals surface area contributed by atoms with Gasteiger partial charge >= 0.3 is 11.8 Å². The molecule has 7 heteroatoms. The molecule has 0 bridgehead atoms. The summed E-state index contributed by atoms with van der Waals surface area (Å²) in [5.41, 5.74) is 6.76. The van der Waals surface area contributed by atoms with E-state index in [-0.39, 0.29) is 23.6 Å². The van der Waals surface area contributed by atoms with Crippen molar-refractivity contribution < 1.29 is 18.8 Å². The van der Waals surface area contributed by atoms with Crippen LogP contribution in [0.5, 0.6) is 0 Å². The molecule has 2 aromatic rings. The molecule has 0 unspecified atom stereocenters. The zero-order valence-electron chi connectivity index (χ0n) is 12.7. The molecule has 0 fully saturated rings. The third kappa shape index (κ3) is 4.64. The monoisotopic (exact) mass is 329 g/mol. The standard InChI is InChI=1S/C17H16FN3O3/c18-12-7-5-11(6-8-12)9-10-20-16(23)17(24)21-15(22)13-3-1-2-4-14(13)19/h1-8H,9-10,19H2,(H,20,23)(H,21,22,24). The summed E-state index contributed by atoms with van der Waals surface area (Å²) in [5, 5.41) is 4.36. The smallest absolute Gasteiger partial charge is 0.316 e. The van der Waals surface area contributed by atoms with Crippen molar-refractivity contribution in [1.29, 1.82) is 0 Å². The number of imide groups is 1. The van der Waals surface area contributed by atoms with Crippen molar-refractivity contribution in [3.05, 3.63) is 65.5 Å². The summed E-state index contributed by atoms with van der Waals surface area (Å²) in [5.74, 6) is -3.09. The Labute approximate surface area is 137 Å². The highest BCUT2D eigenvalue weighted by Gasteiger charge is 2.18. The third-order valence-corrected chi connectivity index (χ3v) is 3.25. The average Bonchev–Trinajstić information content (AvgIpc) is 2.56. The fourth-order valence-corrected chi connectivity index (χ4v) is 1.98. The van der Waals surface area contributed by atoms with Crippen LogP contribution in [0.3, 0.4) is 0 Å². The van der Waals surface area contributed by atoms with Crippen LogP contribution in [0.25, 0.3) is 0 Å². The van der Waals surface area contributed by atoms with E-state index in [0.29, 0.717) is 6.42 Å². The van der Waals surface area contributed by atoms with Crippen LogP contribution in [0.15, 0.2) is 48.5 Å². The molecule has 4 N–H and O–H groups in total. The summed E-state index contributed by atoms with van der Waals surface area (Å²) >= 11 is 0. The van der Waals surface area contributed by atoms with E-state index >= 15 is 0 Å². The Morgan fingerprint density at radius 2 is 1.62 bits per heavy atom. The Kier molecular flexibility index (Phi) is 5.62. The van der Waals surface area contributed by atoms with Gasteiger partial charge in [-0.2, -0.15) is 0 Å². The first-order chi connectivity index (χ1) is 11.5. The predicted octanol–water partition coefficient (Wildman–Crippen LogP) is 1.02. The molecule has 24 heavy (non-hydrogen) atoms. The zero-order chi connectivity index (χ0) is 17.5. The van der Waals surface area contributed by atoms with Crippen molar-refractivity contribution in [3.63, 3.8) is 0 Å². The number of hydrogen-bond acceptors (Lipinski definition) is 4. The van der Waals surface area contributed by atoms with Gasteiger partial charge in [-0.3, -0.25) is 19.7 Å². The van der Waals surface area contributed by atoms with Gasteiger partial charge in [0.2, 0.25) is 0 Å². The van der Waals surface area contributed by atoms with E-state index in [0.717, 1.165) is 5.56 Å². The number of hydrogen-bond donors (Lipinski definition) is 3. The first-order valence-electron chi connectivity index (χ1n) is 7.20. The number of carbonyl (C=O) groups is 3. The van der Waals surface area contributed by atoms with Gasteiger partial charge in [0, 0.05) is 12.2 Å². The minimum atomic E-state index is -1.07. The fourth-order valence-electron chi connectivity index (χ4n) is 1.98. The predicted molar refractivity (Wildman–Crippen MR) is 86.4 cm³/mol. The highest BCUT2D eigenvalue weighted by atomic mass is 19.1. The molecule has 0 saturated heterocycles. The Balaban J connectivity index is 1.82. The van der Waals surface area contributed by atoms with Crippen molar-refractivity contribution in [2.24, 2.45) is 0 Å². The lowest BCUT2D eigenvalue weighted by atomic mass is 10.1. The number of anilines is 1. The number of nitrogen functional groups attached to an aromatic ring is 1. The van der Waals surface area contributed by atoms with Gasteiger partial charge in [-0.25, -0.2) is 4.39 Å². The summed E-state index contributed by atoms with van der Waals surface area (Å²) in [6.45, 7) is 0.180. The van der Waals surface area contributed by atoms with E-state index in [1.54, 1.807) is 24.3 Å². The summed E-state index contributed by atoms with van der Waals surface area (Å²) in [7, 11) is 0. The number of rotatable bonds is 4. The lowest BCUT2D eigenvalue weighted by Crippen LogP contribution is -2.43. The average molecular weight is 329 g/mol. The van der Waals surface area contributed by atoms with Gasteiger partial charge in [0.15, 0.2) is 0 Å². The lowest BCUT2D eigenvalue weighted by molar-refractivity contribution is -0.138. The van der Waals surface area contributed by atoms with Crippen molar-refractivity contribution in [1.82, 2.24) is 10.6 Å². The van der Waals surface area contributed by atoms with Crippen LogP contribution >= 0.6 is 0 Å². The zero-order valence-corrected chi connectivity index (χ0v) is 12.7. The van der Waals surface area contributed by atoms with Gasteiger partial charge in [-0.05, 0) is 36.2 Å². The summed E-state index contributed by atoms with van der Waals surface area (Å²) in [6, 6.07) is 12.0. The highest BCUT2D eigenvalue weighted by molar-refractivity contribution is 6.38. The van der Waals surface area contributed by atoms with Gasteiger partial charge in [0.1, 0.15) is 5.82 Å². The molecule has 0 spiro atoms. The topological polar surface area (TPSA) is 101 Å². The third-order valence-electron chi connectivity index (χ3n) is 3.25. The summed E-state index contributed by atoms with van der Waals surface area (Å²) in [6.07, 6.45) is 0.429. The van der Waals surface area contributed by atoms with Crippen LogP contribution in [-0.2, 0) is 16.0 Å². The van der Waals surface area contributed by atoms with Gasteiger partial charge in [0.25, 0.3) is 5.91 Å². The van der Waals surface area contributed by atoms with E-state index in [1.807, 2.05) is 5.32 Å². The maximum absolute atomic E-state index is 12.8. The molecule has 0 aromatic heterocycles. The molecule has 6 nitrogen and oxygen atoms in total. The van der Waals surface area contributed by atoms with Crippen LogP contribution in [0.2, 0.25) is 0 Å². The quantitative estimate of drug-likeness (QED) is 0.576. The number of benzene rings is 2. The molecule has 0 heterocycles. The minimum Gasteiger partial charge on any atom is -0.398 e. The summed E-state index contributed by atoms with van der Waals surface area (Å²) in [4.78, 5) is 35.2. The van der Waals surface area contributed by atoms with Gasteiger partial charge in [-0.1, -0.05) is 24.3 Å². The SMILES string of the molecule is Nc1ccccc1C(=O)NC(=O)C(=O)NCCc1ccc(F)cc1. The molecule has 0 atom stereocenters. The lowest BCUT2D eigenvalue weighted by Gasteiger charge is -2.07. The van der Waals surface area contributed by atoms with Crippen molar-refractivity contribution >= 4 is 23.4 Å².